The quantitative estimate of drug-likeness (QED) is 0.822. The van der Waals surface area contributed by atoms with Crippen molar-refractivity contribution in [2.24, 2.45) is 0 Å². The number of benzene rings is 2. The van der Waals surface area contributed by atoms with Gasteiger partial charge in [-0.05, 0) is 18.4 Å². The van der Waals surface area contributed by atoms with Crippen LogP contribution >= 0.6 is 0 Å². The molecule has 0 bridgehead atoms. The van der Waals surface area contributed by atoms with E-state index >= 15 is 0 Å². The van der Waals surface area contributed by atoms with Crippen LogP contribution in [-0.2, 0) is 14.3 Å². The summed E-state index contributed by atoms with van der Waals surface area (Å²) in [6, 6.07) is 13.5. The van der Waals surface area contributed by atoms with E-state index in [-0.39, 0.29) is 17.9 Å². The first-order valence-electron chi connectivity index (χ1n) is 9.02. The zero-order chi connectivity index (χ0) is 18.5. The fraction of sp³-hybridized carbons (Fsp3) is 0.400. The van der Waals surface area contributed by atoms with Crippen molar-refractivity contribution < 1.29 is 19.2 Å². The first kappa shape index (κ1) is 18.4. The first-order chi connectivity index (χ1) is 12.6. The average Bonchev–Trinajstić information content (AvgIpc) is 2.68. The van der Waals surface area contributed by atoms with E-state index in [0.717, 1.165) is 21.4 Å². The molecule has 0 aliphatic carbocycles. The smallest absolute Gasteiger partial charge is 0.282 e. The number of quaternary nitrogens is 1. The van der Waals surface area contributed by atoms with Gasteiger partial charge in [0.15, 0.2) is 12.6 Å². The van der Waals surface area contributed by atoms with Gasteiger partial charge in [0.2, 0.25) is 0 Å². The van der Waals surface area contributed by atoms with Gasteiger partial charge in [0.1, 0.15) is 0 Å². The van der Waals surface area contributed by atoms with Gasteiger partial charge in [0, 0.05) is 24.2 Å². The summed E-state index contributed by atoms with van der Waals surface area (Å²) < 4.78 is 5.28. The molecular weight excluding hydrogens is 330 g/mol. The minimum atomic E-state index is -0.334. The van der Waals surface area contributed by atoms with E-state index in [0.29, 0.717) is 32.8 Å². The average molecular weight is 356 g/mol. The Balaban J connectivity index is 1.62. The lowest BCUT2D eigenvalue weighted by Gasteiger charge is -2.28. The molecule has 1 aliphatic rings. The van der Waals surface area contributed by atoms with Gasteiger partial charge in [-0.3, -0.25) is 9.59 Å². The summed E-state index contributed by atoms with van der Waals surface area (Å²) in [5.74, 6) is -0.0239. The molecule has 1 fully saturated rings. The van der Waals surface area contributed by atoms with Gasteiger partial charge in [-0.1, -0.05) is 36.4 Å². The minimum absolute atomic E-state index is 0.0654. The van der Waals surface area contributed by atoms with Crippen LogP contribution < -0.4 is 10.2 Å². The van der Waals surface area contributed by atoms with Gasteiger partial charge in [-0.25, -0.2) is 0 Å². The number of hydrogen-bond acceptors (Lipinski definition) is 3. The molecule has 1 heterocycles. The Morgan fingerprint density at radius 3 is 2.62 bits per heavy atom. The highest BCUT2D eigenvalue weighted by atomic mass is 16.5. The molecule has 0 saturated carbocycles. The Hall–Kier alpha value is -2.44. The third-order valence-electron chi connectivity index (χ3n) is 4.97. The van der Waals surface area contributed by atoms with Crippen molar-refractivity contribution in [1.82, 2.24) is 4.90 Å². The van der Waals surface area contributed by atoms with Crippen molar-refractivity contribution in [3.63, 3.8) is 0 Å². The third-order valence-corrected chi connectivity index (χ3v) is 4.97. The van der Waals surface area contributed by atoms with Crippen LogP contribution in [0.1, 0.15) is 6.92 Å². The van der Waals surface area contributed by atoms with E-state index < -0.39 is 0 Å². The number of nitrogens with one attached hydrogen (secondary N) is 2. The normalized spacial score (nSPS) is 16.9. The van der Waals surface area contributed by atoms with E-state index in [2.05, 4.69) is 5.32 Å². The highest BCUT2D eigenvalue weighted by molar-refractivity contribution is 6.03. The molecular formula is C20H26N3O3+. The zero-order valence-corrected chi connectivity index (χ0v) is 15.3. The number of ether oxygens (including phenoxy) is 1. The molecule has 1 unspecified atom stereocenters. The van der Waals surface area contributed by atoms with Crippen LogP contribution in [0.5, 0.6) is 0 Å². The van der Waals surface area contributed by atoms with Crippen LogP contribution in [0.15, 0.2) is 42.5 Å². The predicted octanol–water partition coefficient (Wildman–Crippen LogP) is 0.540. The van der Waals surface area contributed by atoms with Gasteiger partial charge in [-0.2, -0.15) is 0 Å². The Morgan fingerprint density at radius 2 is 1.85 bits per heavy atom. The topological polar surface area (TPSA) is 63.1 Å². The fourth-order valence-electron chi connectivity index (χ4n) is 3.12. The van der Waals surface area contributed by atoms with E-state index in [1.807, 2.05) is 61.3 Å². The van der Waals surface area contributed by atoms with Gasteiger partial charge in [0.25, 0.3) is 11.8 Å². The maximum atomic E-state index is 12.7. The SMILES string of the molecule is C[C@H](C(=O)Nc1cccc2ccccc12)[NH+](C)CC(=O)N1CCOCC1. The van der Waals surface area contributed by atoms with Gasteiger partial charge >= 0.3 is 0 Å². The van der Waals surface area contributed by atoms with Gasteiger partial charge in [-0.15, -0.1) is 0 Å². The summed E-state index contributed by atoms with van der Waals surface area (Å²) in [4.78, 5) is 27.7. The fourth-order valence-corrected chi connectivity index (χ4v) is 3.12. The van der Waals surface area contributed by atoms with Crippen LogP contribution in [-0.4, -0.2) is 62.7 Å². The van der Waals surface area contributed by atoms with E-state index in [1.54, 1.807) is 0 Å². The first-order valence-corrected chi connectivity index (χ1v) is 9.02. The van der Waals surface area contributed by atoms with Crippen LogP contribution in [0, 0.1) is 0 Å². The number of carbonyl (C=O) groups excluding carboxylic acids is 2. The Morgan fingerprint density at radius 1 is 1.15 bits per heavy atom. The number of anilines is 1. The number of carbonyl (C=O) groups is 2. The van der Waals surface area contributed by atoms with Crippen LogP contribution in [0.2, 0.25) is 0 Å². The summed E-state index contributed by atoms with van der Waals surface area (Å²) in [5.41, 5.74) is 0.798. The number of hydrogen-bond donors (Lipinski definition) is 2. The molecule has 1 aliphatic heterocycles. The monoisotopic (exact) mass is 356 g/mol. The molecule has 6 heteroatoms. The number of fused-ring (bicyclic) bond motifs is 1. The van der Waals surface area contributed by atoms with Crippen molar-refractivity contribution in [2.45, 2.75) is 13.0 Å². The van der Waals surface area contributed by atoms with E-state index in [4.69, 9.17) is 4.74 Å². The maximum absolute atomic E-state index is 12.7. The molecule has 0 radical (unpaired) electrons. The lowest BCUT2D eigenvalue weighted by Crippen LogP contribution is -3.15. The molecule has 0 spiro atoms. The Bertz CT molecular complexity index is 781. The second kappa shape index (κ2) is 8.29. The number of likely N-dealkylation sites (N-methyl/N-ethyl adjacent to an activating group) is 1. The predicted molar refractivity (Wildman–Crippen MR) is 101 cm³/mol. The van der Waals surface area contributed by atoms with Crippen molar-refractivity contribution in [3.8, 4) is 0 Å². The molecule has 2 N–H and O–H groups in total. The Labute approximate surface area is 153 Å². The molecule has 2 atom stereocenters. The number of nitrogens with zero attached hydrogens (tertiary/aromatic N) is 1. The molecule has 2 amide bonds. The molecule has 1 saturated heterocycles. The van der Waals surface area contributed by atoms with Crippen molar-refractivity contribution >= 4 is 28.3 Å². The molecule has 6 nitrogen and oxygen atoms in total. The van der Waals surface area contributed by atoms with Crippen LogP contribution in [0.3, 0.4) is 0 Å². The second-order valence-electron chi connectivity index (χ2n) is 6.75. The highest BCUT2D eigenvalue weighted by Gasteiger charge is 2.27. The third kappa shape index (κ3) is 4.20. The van der Waals surface area contributed by atoms with Crippen LogP contribution in [0.25, 0.3) is 10.8 Å². The lowest BCUT2D eigenvalue weighted by molar-refractivity contribution is -0.886. The van der Waals surface area contributed by atoms with Gasteiger partial charge in [0.05, 0.1) is 20.3 Å². The maximum Gasteiger partial charge on any atom is 0.282 e. The summed E-state index contributed by atoms with van der Waals surface area (Å²) in [5, 5.41) is 5.11. The summed E-state index contributed by atoms with van der Waals surface area (Å²) in [7, 11) is 1.88. The molecule has 2 aromatic carbocycles. The van der Waals surface area contributed by atoms with Crippen molar-refractivity contribution in [3.05, 3.63) is 42.5 Å². The lowest BCUT2D eigenvalue weighted by atomic mass is 10.1. The number of amides is 2. The molecule has 2 aromatic rings. The molecule has 3 rings (SSSR count). The van der Waals surface area contributed by atoms with Crippen molar-refractivity contribution in [1.29, 1.82) is 0 Å². The summed E-state index contributed by atoms with van der Waals surface area (Å²) >= 11 is 0. The second-order valence-corrected chi connectivity index (χ2v) is 6.75. The van der Waals surface area contributed by atoms with Crippen LogP contribution in [0.4, 0.5) is 5.69 Å². The minimum Gasteiger partial charge on any atom is -0.378 e. The van der Waals surface area contributed by atoms with E-state index in [1.165, 1.54) is 0 Å². The molecule has 0 aromatic heterocycles. The highest BCUT2D eigenvalue weighted by Crippen LogP contribution is 2.22. The summed E-state index contributed by atoms with van der Waals surface area (Å²) in [6.07, 6.45) is 0. The molecule has 26 heavy (non-hydrogen) atoms. The van der Waals surface area contributed by atoms with Gasteiger partial charge < -0.3 is 19.9 Å². The van der Waals surface area contributed by atoms with Crippen molar-refractivity contribution in [2.75, 3.05) is 45.2 Å². The van der Waals surface area contributed by atoms with E-state index in [9.17, 15) is 9.59 Å². The standard InChI is InChI=1S/C20H25N3O3/c1-15(22(2)14-19(24)23-10-12-26-13-11-23)20(25)21-18-9-5-7-16-6-3-4-8-17(16)18/h3-9,15H,10-14H2,1-2H3,(H,21,25)/p+1/t15-/m1/s1. The largest absolute Gasteiger partial charge is 0.378 e. The Kier molecular flexibility index (Phi) is 5.85. The number of morpholine rings is 1. The summed E-state index contributed by atoms with van der Waals surface area (Å²) in [6.45, 7) is 4.57. The number of rotatable bonds is 5. The zero-order valence-electron chi connectivity index (χ0n) is 15.3. The molecule has 138 valence electrons.